The van der Waals surface area contributed by atoms with E-state index in [2.05, 4.69) is 10.3 Å². The van der Waals surface area contributed by atoms with Crippen molar-refractivity contribution in [2.75, 3.05) is 12.0 Å². The number of aromatic amines is 1. The molecule has 1 saturated heterocycles. The Balaban J connectivity index is 1.20. The van der Waals surface area contributed by atoms with Crippen LogP contribution in [0.3, 0.4) is 0 Å². The van der Waals surface area contributed by atoms with Gasteiger partial charge in [0.1, 0.15) is 17.8 Å². The molecule has 7 rings (SSSR count). The summed E-state index contributed by atoms with van der Waals surface area (Å²) in [5.74, 6) is 0.154. The number of carbonyl (C=O) groups is 3. The van der Waals surface area contributed by atoms with Gasteiger partial charge < -0.3 is 15.0 Å². The summed E-state index contributed by atoms with van der Waals surface area (Å²) in [5, 5.41) is 3.97. The van der Waals surface area contributed by atoms with Crippen LogP contribution in [-0.4, -0.2) is 40.9 Å². The highest BCUT2D eigenvalue weighted by Gasteiger charge is 2.53. The molecule has 214 valence electrons. The lowest BCUT2D eigenvalue weighted by Gasteiger charge is -2.36. The monoisotopic (exact) mass is 570 g/mol. The van der Waals surface area contributed by atoms with Crippen molar-refractivity contribution in [2.24, 2.45) is 0 Å². The number of amides is 4. The van der Waals surface area contributed by atoms with Crippen molar-refractivity contribution in [3.8, 4) is 5.75 Å². The van der Waals surface area contributed by atoms with E-state index in [1.54, 1.807) is 36.3 Å². The van der Waals surface area contributed by atoms with Crippen molar-refractivity contribution < 1.29 is 19.1 Å². The Morgan fingerprint density at radius 3 is 2.49 bits per heavy atom. The number of fused-ring (bicyclic) bond motifs is 4. The second-order valence-corrected chi connectivity index (χ2v) is 11.0. The minimum atomic E-state index is -0.673. The van der Waals surface area contributed by atoms with E-state index in [1.807, 2.05) is 79.7 Å². The molecule has 3 heterocycles. The molecule has 0 unspecified atom stereocenters. The summed E-state index contributed by atoms with van der Waals surface area (Å²) in [5.41, 5.74) is 6.78. The third-order valence-electron chi connectivity index (χ3n) is 8.42. The number of urea groups is 1. The molecule has 0 radical (unpaired) electrons. The molecular formula is C35H30N4O4. The number of ether oxygens (including phenoxy) is 1. The topological polar surface area (TPSA) is 94.7 Å². The fraction of sp³-hybridized carbons (Fsp3) is 0.171. The summed E-state index contributed by atoms with van der Waals surface area (Å²) < 4.78 is 5.50. The largest absolute Gasteiger partial charge is 0.497 e. The lowest BCUT2D eigenvalue weighted by atomic mass is 9.89. The quantitative estimate of drug-likeness (QED) is 0.249. The molecule has 8 nitrogen and oxygen atoms in total. The summed E-state index contributed by atoms with van der Waals surface area (Å²) >= 11 is 0. The number of methoxy groups -OCH3 is 1. The van der Waals surface area contributed by atoms with E-state index >= 15 is 0 Å². The minimum absolute atomic E-state index is 0.230. The molecule has 0 bridgehead atoms. The van der Waals surface area contributed by atoms with Crippen LogP contribution < -0.4 is 15.0 Å². The fourth-order valence-electron chi connectivity index (χ4n) is 6.22. The molecule has 0 aliphatic carbocycles. The highest BCUT2D eigenvalue weighted by Crippen LogP contribution is 2.45. The van der Waals surface area contributed by atoms with Gasteiger partial charge in [-0.1, -0.05) is 60.2 Å². The zero-order chi connectivity index (χ0) is 29.7. The molecular weight excluding hydrogens is 540 g/mol. The maximum Gasteiger partial charge on any atom is 0.332 e. The van der Waals surface area contributed by atoms with Crippen molar-refractivity contribution in [3.05, 3.63) is 131 Å². The van der Waals surface area contributed by atoms with Gasteiger partial charge in [0, 0.05) is 35.1 Å². The zero-order valence-corrected chi connectivity index (χ0v) is 23.8. The SMILES string of the molecule is COc1cccc([C@@H]2c3[nH]c4ccccc4c3C[C@H]3C(=O)N(c4ccc(C(=O)NCc5ccc(C)cc5)cc4)C(=O)N23)c1. The van der Waals surface area contributed by atoms with E-state index in [1.165, 1.54) is 4.90 Å². The van der Waals surface area contributed by atoms with Crippen molar-refractivity contribution in [1.29, 1.82) is 0 Å². The predicted molar refractivity (Wildman–Crippen MR) is 164 cm³/mol. The van der Waals surface area contributed by atoms with E-state index in [0.29, 0.717) is 30.0 Å². The third-order valence-corrected chi connectivity index (χ3v) is 8.42. The maximum atomic E-state index is 14.1. The zero-order valence-electron chi connectivity index (χ0n) is 23.8. The Kier molecular flexibility index (Phi) is 6.46. The van der Waals surface area contributed by atoms with Crippen molar-refractivity contribution >= 4 is 34.4 Å². The molecule has 1 fully saturated rings. The first kappa shape index (κ1) is 26.5. The van der Waals surface area contributed by atoms with Gasteiger partial charge in [-0.2, -0.15) is 0 Å². The minimum Gasteiger partial charge on any atom is -0.497 e. The second-order valence-electron chi connectivity index (χ2n) is 11.0. The molecule has 1 aromatic heterocycles. The van der Waals surface area contributed by atoms with Crippen LogP contribution in [0.25, 0.3) is 10.9 Å². The second kappa shape index (κ2) is 10.5. The summed E-state index contributed by atoms with van der Waals surface area (Å²) in [7, 11) is 1.61. The normalized spacial score (nSPS) is 17.6. The molecule has 2 N–H and O–H groups in total. The summed E-state index contributed by atoms with van der Waals surface area (Å²) in [6.07, 6.45) is 0.403. The Morgan fingerprint density at radius 2 is 1.72 bits per heavy atom. The number of hydrogen-bond acceptors (Lipinski definition) is 4. The number of benzene rings is 4. The number of nitrogens with one attached hydrogen (secondary N) is 2. The first-order valence-electron chi connectivity index (χ1n) is 14.3. The molecule has 2 aliphatic heterocycles. The first-order valence-corrected chi connectivity index (χ1v) is 14.3. The number of anilines is 1. The van der Waals surface area contributed by atoms with Gasteiger partial charge in [-0.3, -0.25) is 14.5 Å². The van der Waals surface area contributed by atoms with Gasteiger partial charge in [0.2, 0.25) is 0 Å². The average molecular weight is 571 g/mol. The average Bonchev–Trinajstić information content (AvgIpc) is 3.53. The molecule has 5 aromatic rings. The molecule has 0 saturated carbocycles. The number of nitrogens with zero attached hydrogens (tertiary/aromatic N) is 2. The van der Waals surface area contributed by atoms with Crippen LogP contribution in [-0.2, 0) is 17.8 Å². The van der Waals surface area contributed by atoms with Crippen LogP contribution in [0.5, 0.6) is 5.75 Å². The van der Waals surface area contributed by atoms with Crippen molar-refractivity contribution in [2.45, 2.75) is 32.0 Å². The summed E-state index contributed by atoms with van der Waals surface area (Å²) in [6.45, 7) is 2.42. The van der Waals surface area contributed by atoms with Gasteiger partial charge >= 0.3 is 6.03 Å². The number of hydrogen-bond donors (Lipinski definition) is 2. The molecule has 4 aromatic carbocycles. The standard InChI is InChI=1S/C35H30N4O4/c1-21-10-12-22(13-11-21)20-36-33(40)23-14-16-25(17-15-23)38-34(41)30-19-28-27-8-3-4-9-29(27)37-31(28)32(39(30)35(38)42)24-6-5-7-26(18-24)43-2/h3-18,30,32,37H,19-20H2,1-2H3,(H,36,40)/t30-,32+/m0/s1. The Bertz CT molecular complexity index is 1880. The molecule has 4 amide bonds. The van der Waals surface area contributed by atoms with E-state index in [9.17, 15) is 14.4 Å². The van der Waals surface area contributed by atoms with Crippen LogP contribution in [0, 0.1) is 6.92 Å². The number of para-hydroxylation sites is 1. The maximum absolute atomic E-state index is 14.1. The van der Waals surface area contributed by atoms with Gasteiger partial charge in [-0.05, 0) is 66.1 Å². The molecule has 0 spiro atoms. The van der Waals surface area contributed by atoms with Crippen LogP contribution in [0.4, 0.5) is 10.5 Å². The van der Waals surface area contributed by atoms with Gasteiger partial charge in [0.15, 0.2) is 0 Å². The molecule has 2 aliphatic rings. The Labute approximate surface area is 248 Å². The van der Waals surface area contributed by atoms with Crippen LogP contribution in [0.15, 0.2) is 97.1 Å². The Hall–Kier alpha value is -5.37. The number of aromatic nitrogens is 1. The van der Waals surface area contributed by atoms with Crippen molar-refractivity contribution in [3.63, 3.8) is 0 Å². The van der Waals surface area contributed by atoms with Crippen LogP contribution in [0.1, 0.15) is 44.3 Å². The van der Waals surface area contributed by atoms with Gasteiger partial charge in [-0.15, -0.1) is 0 Å². The Morgan fingerprint density at radius 1 is 0.953 bits per heavy atom. The molecule has 8 heteroatoms. The molecule has 43 heavy (non-hydrogen) atoms. The van der Waals surface area contributed by atoms with Gasteiger partial charge in [0.25, 0.3) is 11.8 Å². The highest BCUT2D eigenvalue weighted by atomic mass is 16.5. The third kappa shape index (κ3) is 4.52. The lowest BCUT2D eigenvalue weighted by Crippen LogP contribution is -2.44. The van der Waals surface area contributed by atoms with Crippen LogP contribution >= 0.6 is 0 Å². The smallest absolute Gasteiger partial charge is 0.332 e. The fourth-order valence-corrected chi connectivity index (χ4v) is 6.22. The number of H-pyrrole nitrogens is 1. The first-order chi connectivity index (χ1) is 20.9. The summed E-state index contributed by atoms with van der Waals surface area (Å²) in [6, 6.07) is 28.6. The summed E-state index contributed by atoms with van der Waals surface area (Å²) in [4.78, 5) is 47.4. The number of imide groups is 1. The van der Waals surface area contributed by atoms with Gasteiger partial charge in [-0.25, -0.2) is 9.69 Å². The number of aryl methyl sites for hydroxylation is 1. The predicted octanol–water partition coefficient (Wildman–Crippen LogP) is 5.90. The number of rotatable bonds is 6. The lowest BCUT2D eigenvalue weighted by molar-refractivity contribution is -0.120. The van der Waals surface area contributed by atoms with E-state index in [0.717, 1.165) is 38.9 Å². The molecule has 2 atom stereocenters. The van der Waals surface area contributed by atoms with E-state index in [-0.39, 0.29) is 11.8 Å². The van der Waals surface area contributed by atoms with Crippen molar-refractivity contribution in [1.82, 2.24) is 15.2 Å². The highest BCUT2D eigenvalue weighted by molar-refractivity contribution is 6.22. The number of carbonyl (C=O) groups excluding carboxylic acids is 3. The van der Waals surface area contributed by atoms with Gasteiger partial charge in [0.05, 0.1) is 12.8 Å². The van der Waals surface area contributed by atoms with E-state index < -0.39 is 18.1 Å². The van der Waals surface area contributed by atoms with Crippen LogP contribution in [0.2, 0.25) is 0 Å². The van der Waals surface area contributed by atoms with E-state index in [4.69, 9.17) is 4.74 Å².